The lowest BCUT2D eigenvalue weighted by atomic mass is 9.98. The average molecular weight is 243 g/mol. The first-order valence-corrected chi connectivity index (χ1v) is 6.41. The number of piperidine rings is 1. The van der Waals surface area contributed by atoms with Crippen LogP contribution < -0.4 is 5.73 Å². The second-order valence-electron chi connectivity index (χ2n) is 4.90. The van der Waals surface area contributed by atoms with Crippen molar-refractivity contribution in [1.29, 1.82) is 0 Å². The SMILES string of the molecule is CC(OCCN1C(C)CCCC1C)C(N)=NO. The van der Waals surface area contributed by atoms with Gasteiger partial charge < -0.3 is 15.7 Å². The van der Waals surface area contributed by atoms with E-state index in [0.717, 1.165) is 6.54 Å². The van der Waals surface area contributed by atoms with Gasteiger partial charge in [0.2, 0.25) is 0 Å². The van der Waals surface area contributed by atoms with E-state index in [2.05, 4.69) is 23.9 Å². The van der Waals surface area contributed by atoms with Crippen LogP contribution >= 0.6 is 0 Å². The molecule has 5 nitrogen and oxygen atoms in total. The lowest BCUT2D eigenvalue weighted by Gasteiger charge is -2.39. The zero-order chi connectivity index (χ0) is 12.8. The lowest BCUT2D eigenvalue weighted by molar-refractivity contribution is 0.0387. The number of likely N-dealkylation sites (tertiary alicyclic amines) is 1. The molecule has 1 aliphatic rings. The number of ether oxygens (including phenoxy) is 1. The van der Waals surface area contributed by atoms with Gasteiger partial charge in [-0.05, 0) is 33.6 Å². The van der Waals surface area contributed by atoms with E-state index >= 15 is 0 Å². The molecule has 3 N–H and O–H groups in total. The zero-order valence-electron chi connectivity index (χ0n) is 11.1. The van der Waals surface area contributed by atoms with Crippen LogP contribution in [0.2, 0.25) is 0 Å². The van der Waals surface area contributed by atoms with Gasteiger partial charge in [-0.25, -0.2) is 0 Å². The molecule has 0 aromatic rings. The van der Waals surface area contributed by atoms with Gasteiger partial charge in [0.1, 0.15) is 6.10 Å². The van der Waals surface area contributed by atoms with Crippen molar-refractivity contribution in [1.82, 2.24) is 4.90 Å². The Bertz CT molecular complexity index is 248. The fourth-order valence-corrected chi connectivity index (χ4v) is 2.42. The number of nitrogens with two attached hydrogens (primary N) is 1. The van der Waals surface area contributed by atoms with Crippen molar-refractivity contribution < 1.29 is 9.94 Å². The molecule has 100 valence electrons. The van der Waals surface area contributed by atoms with Crippen LogP contribution in [0.5, 0.6) is 0 Å². The normalized spacial score (nSPS) is 29.2. The van der Waals surface area contributed by atoms with Gasteiger partial charge in [-0.2, -0.15) is 0 Å². The Morgan fingerprint density at radius 1 is 1.47 bits per heavy atom. The van der Waals surface area contributed by atoms with Crippen molar-refractivity contribution in [2.75, 3.05) is 13.2 Å². The van der Waals surface area contributed by atoms with Gasteiger partial charge >= 0.3 is 0 Å². The summed E-state index contributed by atoms with van der Waals surface area (Å²) in [6.07, 6.45) is 3.52. The summed E-state index contributed by atoms with van der Waals surface area (Å²) in [6.45, 7) is 7.85. The van der Waals surface area contributed by atoms with Crippen molar-refractivity contribution >= 4 is 5.84 Å². The number of nitrogens with zero attached hydrogens (tertiary/aromatic N) is 2. The first-order chi connectivity index (χ1) is 8.06. The third kappa shape index (κ3) is 4.16. The second-order valence-corrected chi connectivity index (χ2v) is 4.90. The Balaban J connectivity index is 2.30. The molecule has 1 rings (SSSR count). The molecule has 0 radical (unpaired) electrons. The van der Waals surface area contributed by atoms with E-state index in [-0.39, 0.29) is 11.9 Å². The van der Waals surface area contributed by atoms with Gasteiger partial charge in [0, 0.05) is 18.6 Å². The molecule has 0 aromatic carbocycles. The predicted molar refractivity (Wildman–Crippen MR) is 68.3 cm³/mol. The number of hydrogen-bond acceptors (Lipinski definition) is 4. The Hall–Kier alpha value is -0.810. The Morgan fingerprint density at radius 3 is 2.59 bits per heavy atom. The smallest absolute Gasteiger partial charge is 0.168 e. The van der Waals surface area contributed by atoms with Gasteiger partial charge in [-0.15, -0.1) is 0 Å². The van der Waals surface area contributed by atoms with Gasteiger partial charge in [0.25, 0.3) is 0 Å². The van der Waals surface area contributed by atoms with Crippen molar-refractivity contribution in [3.63, 3.8) is 0 Å². The summed E-state index contributed by atoms with van der Waals surface area (Å²) in [7, 11) is 0. The minimum atomic E-state index is -0.324. The maximum Gasteiger partial charge on any atom is 0.168 e. The molecule has 0 aliphatic carbocycles. The summed E-state index contributed by atoms with van der Waals surface area (Å²) in [5, 5.41) is 11.4. The zero-order valence-corrected chi connectivity index (χ0v) is 11.1. The number of oxime groups is 1. The van der Waals surface area contributed by atoms with Crippen molar-refractivity contribution in [3.8, 4) is 0 Å². The van der Waals surface area contributed by atoms with E-state index in [1.807, 2.05) is 0 Å². The molecule has 1 aliphatic heterocycles. The minimum Gasteiger partial charge on any atom is -0.409 e. The number of hydrogen-bond donors (Lipinski definition) is 2. The summed E-state index contributed by atoms with van der Waals surface area (Å²) >= 11 is 0. The first-order valence-electron chi connectivity index (χ1n) is 6.41. The molecule has 17 heavy (non-hydrogen) atoms. The molecule has 0 saturated carbocycles. The number of rotatable bonds is 5. The Labute approximate surface area is 104 Å². The van der Waals surface area contributed by atoms with Crippen molar-refractivity contribution in [2.24, 2.45) is 10.9 Å². The van der Waals surface area contributed by atoms with Crippen LogP contribution in [0.1, 0.15) is 40.0 Å². The van der Waals surface area contributed by atoms with E-state index in [0.29, 0.717) is 18.7 Å². The largest absolute Gasteiger partial charge is 0.409 e. The molecule has 1 heterocycles. The van der Waals surface area contributed by atoms with E-state index in [1.54, 1.807) is 6.92 Å². The second kappa shape index (κ2) is 6.81. The van der Waals surface area contributed by atoms with Gasteiger partial charge in [-0.1, -0.05) is 11.6 Å². The molecule has 3 unspecified atom stereocenters. The predicted octanol–water partition coefficient (Wildman–Crippen LogP) is 1.40. The van der Waals surface area contributed by atoms with Crippen molar-refractivity contribution in [3.05, 3.63) is 0 Å². The first kappa shape index (κ1) is 14.3. The van der Waals surface area contributed by atoms with Crippen molar-refractivity contribution in [2.45, 2.75) is 58.2 Å². The third-order valence-electron chi connectivity index (χ3n) is 3.63. The summed E-state index contributed by atoms with van der Waals surface area (Å²) in [5.74, 6) is 0.129. The maximum absolute atomic E-state index is 8.51. The van der Waals surface area contributed by atoms with E-state index in [9.17, 15) is 0 Å². The molecule has 0 spiro atoms. The fourth-order valence-electron chi connectivity index (χ4n) is 2.42. The molecule has 3 atom stereocenters. The van der Waals surface area contributed by atoms with Crippen LogP contribution in [0.15, 0.2) is 5.16 Å². The molecule has 1 saturated heterocycles. The fraction of sp³-hybridized carbons (Fsp3) is 0.917. The quantitative estimate of drug-likeness (QED) is 0.331. The van der Waals surface area contributed by atoms with Gasteiger partial charge in [-0.3, -0.25) is 4.90 Å². The molecule has 1 fully saturated rings. The van der Waals surface area contributed by atoms with E-state index in [4.69, 9.17) is 15.7 Å². The van der Waals surface area contributed by atoms with Crippen LogP contribution in [0.4, 0.5) is 0 Å². The summed E-state index contributed by atoms with van der Waals surface area (Å²) in [5.41, 5.74) is 5.45. The van der Waals surface area contributed by atoms with Crippen LogP contribution in [-0.4, -0.2) is 47.3 Å². The van der Waals surface area contributed by atoms with Crippen LogP contribution in [0, 0.1) is 0 Å². The van der Waals surface area contributed by atoms with Crippen LogP contribution in [0.25, 0.3) is 0 Å². The third-order valence-corrected chi connectivity index (χ3v) is 3.63. The highest BCUT2D eigenvalue weighted by Crippen LogP contribution is 2.21. The summed E-state index contributed by atoms with van der Waals surface area (Å²) < 4.78 is 5.54. The molecule has 0 amide bonds. The van der Waals surface area contributed by atoms with Crippen LogP contribution in [-0.2, 0) is 4.74 Å². The minimum absolute atomic E-state index is 0.129. The molecular formula is C12H25N3O2. The molecule has 0 bridgehead atoms. The van der Waals surface area contributed by atoms with Crippen LogP contribution in [0.3, 0.4) is 0 Å². The van der Waals surface area contributed by atoms with Gasteiger partial charge in [0.05, 0.1) is 6.61 Å². The number of amidine groups is 1. The maximum atomic E-state index is 8.51. The van der Waals surface area contributed by atoms with E-state index in [1.165, 1.54) is 19.3 Å². The Kier molecular flexibility index (Phi) is 5.71. The molecule has 5 heteroatoms. The molecule has 0 aromatic heterocycles. The lowest BCUT2D eigenvalue weighted by Crippen LogP contribution is -2.45. The summed E-state index contributed by atoms with van der Waals surface area (Å²) in [6, 6.07) is 1.25. The topological polar surface area (TPSA) is 71.1 Å². The van der Waals surface area contributed by atoms with E-state index < -0.39 is 0 Å². The Morgan fingerprint density at radius 2 is 2.06 bits per heavy atom. The van der Waals surface area contributed by atoms with Gasteiger partial charge in [0.15, 0.2) is 5.84 Å². The molecular weight excluding hydrogens is 218 g/mol. The summed E-state index contributed by atoms with van der Waals surface area (Å²) in [4.78, 5) is 2.47. The highest BCUT2D eigenvalue weighted by atomic mass is 16.5. The standard InChI is InChI=1S/C12H25N3O2/c1-9-5-4-6-10(2)15(9)7-8-17-11(3)12(13)14-16/h9-11,16H,4-8H2,1-3H3,(H2,13,14). The average Bonchev–Trinajstić information content (AvgIpc) is 2.31. The highest BCUT2D eigenvalue weighted by molar-refractivity contribution is 5.83. The highest BCUT2D eigenvalue weighted by Gasteiger charge is 2.24. The monoisotopic (exact) mass is 243 g/mol.